The molecule has 152 valence electrons. The summed E-state index contributed by atoms with van der Waals surface area (Å²) in [6.45, 7) is 0.280. The highest BCUT2D eigenvalue weighted by Crippen LogP contribution is 2.31. The third kappa shape index (κ3) is 4.62. The maximum absolute atomic E-state index is 10.4. The molecule has 0 saturated heterocycles. The Morgan fingerprint density at radius 3 is 2.60 bits per heavy atom. The molecule has 1 unspecified atom stereocenters. The third-order valence-electron chi connectivity index (χ3n) is 4.39. The van der Waals surface area contributed by atoms with Crippen LogP contribution in [0.15, 0.2) is 67.0 Å². The van der Waals surface area contributed by atoms with Crippen LogP contribution < -0.4 is 10.1 Å². The summed E-state index contributed by atoms with van der Waals surface area (Å²) in [5.74, 6) is 1.64. The smallest absolute Gasteiger partial charge is 0.162 e. The number of rotatable bonds is 7. The summed E-state index contributed by atoms with van der Waals surface area (Å²) in [5, 5.41) is 15.2. The first-order valence-corrected chi connectivity index (χ1v) is 10.0. The number of pyridine rings is 1. The van der Waals surface area contributed by atoms with Crippen LogP contribution >= 0.6 is 23.2 Å². The molecule has 0 bridgehead atoms. The molecule has 8 heteroatoms. The number of aliphatic hydroxyl groups is 1. The van der Waals surface area contributed by atoms with Crippen LogP contribution in [0.2, 0.25) is 10.0 Å². The van der Waals surface area contributed by atoms with Gasteiger partial charge in [-0.05, 0) is 36.4 Å². The predicted molar refractivity (Wildman–Crippen MR) is 119 cm³/mol. The van der Waals surface area contributed by atoms with Gasteiger partial charge in [-0.15, -0.1) is 0 Å². The summed E-state index contributed by atoms with van der Waals surface area (Å²) in [4.78, 5) is 13.3. The van der Waals surface area contributed by atoms with Crippen molar-refractivity contribution in [3.63, 3.8) is 0 Å². The van der Waals surface area contributed by atoms with Gasteiger partial charge in [-0.25, -0.2) is 9.97 Å². The van der Waals surface area contributed by atoms with E-state index in [0.717, 1.165) is 16.5 Å². The van der Waals surface area contributed by atoms with E-state index >= 15 is 0 Å². The van der Waals surface area contributed by atoms with Gasteiger partial charge in [0.2, 0.25) is 0 Å². The van der Waals surface area contributed by atoms with Gasteiger partial charge in [0.05, 0.1) is 10.5 Å². The fourth-order valence-corrected chi connectivity index (χ4v) is 3.24. The van der Waals surface area contributed by atoms with Crippen molar-refractivity contribution >= 4 is 39.9 Å². The van der Waals surface area contributed by atoms with Crippen LogP contribution in [-0.4, -0.2) is 39.3 Å². The van der Waals surface area contributed by atoms with E-state index in [1.54, 1.807) is 30.6 Å². The lowest BCUT2D eigenvalue weighted by molar-refractivity contribution is 0.117. The minimum absolute atomic E-state index is 0.0489. The molecule has 6 nitrogen and oxygen atoms in total. The van der Waals surface area contributed by atoms with Crippen molar-refractivity contribution in [3.8, 4) is 17.1 Å². The minimum atomic E-state index is -0.793. The molecule has 2 aromatic carbocycles. The van der Waals surface area contributed by atoms with Crippen LogP contribution in [0.1, 0.15) is 0 Å². The number of para-hydroxylation sites is 1. The molecule has 2 N–H and O–H groups in total. The second kappa shape index (κ2) is 9.26. The van der Waals surface area contributed by atoms with Gasteiger partial charge in [0.15, 0.2) is 5.82 Å². The summed E-state index contributed by atoms with van der Waals surface area (Å²) in [6, 6.07) is 16.5. The number of halogens is 2. The first kappa shape index (κ1) is 20.3. The minimum Gasteiger partial charge on any atom is -0.489 e. The van der Waals surface area contributed by atoms with Crippen molar-refractivity contribution in [2.75, 3.05) is 18.5 Å². The summed E-state index contributed by atoms with van der Waals surface area (Å²) in [6.07, 6.45) is 2.60. The van der Waals surface area contributed by atoms with Crippen LogP contribution in [0.3, 0.4) is 0 Å². The topological polar surface area (TPSA) is 80.2 Å². The molecule has 0 spiro atoms. The Bertz CT molecular complexity index is 1160. The summed E-state index contributed by atoms with van der Waals surface area (Å²) in [5.41, 5.74) is 1.66. The molecule has 0 amide bonds. The Kier molecular flexibility index (Phi) is 6.28. The van der Waals surface area contributed by atoms with E-state index in [4.69, 9.17) is 27.9 Å². The molecule has 2 heterocycles. The summed E-state index contributed by atoms with van der Waals surface area (Å²) in [7, 11) is 0. The van der Waals surface area contributed by atoms with E-state index in [0.29, 0.717) is 27.4 Å². The fourth-order valence-electron chi connectivity index (χ4n) is 2.90. The van der Waals surface area contributed by atoms with Crippen molar-refractivity contribution in [2.45, 2.75) is 6.10 Å². The van der Waals surface area contributed by atoms with Crippen molar-refractivity contribution in [1.29, 1.82) is 0 Å². The van der Waals surface area contributed by atoms with E-state index < -0.39 is 6.10 Å². The summed E-state index contributed by atoms with van der Waals surface area (Å²) >= 11 is 12.1. The van der Waals surface area contributed by atoms with E-state index in [1.165, 1.54) is 0 Å². The van der Waals surface area contributed by atoms with Gasteiger partial charge < -0.3 is 15.2 Å². The molecule has 1 atom stereocenters. The van der Waals surface area contributed by atoms with E-state index in [2.05, 4.69) is 20.3 Å². The van der Waals surface area contributed by atoms with Gasteiger partial charge in [0.1, 0.15) is 29.3 Å². The lowest BCUT2D eigenvalue weighted by Gasteiger charge is -2.16. The molecule has 0 aliphatic rings. The van der Waals surface area contributed by atoms with Crippen LogP contribution in [0.5, 0.6) is 5.75 Å². The highest BCUT2D eigenvalue weighted by molar-refractivity contribution is 6.42. The monoisotopic (exact) mass is 440 g/mol. The number of benzene rings is 2. The molecular weight excluding hydrogens is 423 g/mol. The SMILES string of the molecule is OC(CNc1nc(-c2ccncc2)nc2ccccc12)COc1cccc(Cl)c1Cl. The molecule has 0 aliphatic heterocycles. The number of ether oxygens (including phenoxy) is 1. The van der Waals surface area contributed by atoms with E-state index in [9.17, 15) is 5.11 Å². The molecule has 30 heavy (non-hydrogen) atoms. The van der Waals surface area contributed by atoms with Gasteiger partial charge >= 0.3 is 0 Å². The van der Waals surface area contributed by atoms with Crippen molar-refractivity contribution in [3.05, 3.63) is 77.0 Å². The average Bonchev–Trinajstić information content (AvgIpc) is 2.79. The quantitative estimate of drug-likeness (QED) is 0.427. The maximum Gasteiger partial charge on any atom is 0.162 e. The number of hydrogen-bond donors (Lipinski definition) is 2. The molecule has 2 aromatic heterocycles. The van der Waals surface area contributed by atoms with E-state index in [1.807, 2.05) is 36.4 Å². The lowest BCUT2D eigenvalue weighted by Crippen LogP contribution is -2.26. The molecule has 0 fully saturated rings. The zero-order valence-electron chi connectivity index (χ0n) is 15.8. The van der Waals surface area contributed by atoms with Crippen LogP contribution in [-0.2, 0) is 0 Å². The summed E-state index contributed by atoms with van der Waals surface area (Å²) < 4.78 is 5.60. The van der Waals surface area contributed by atoms with Gasteiger partial charge in [-0.3, -0.25) is 4.98 Å². The number of nitrogens with zero attached hydrogens (tertiary/aromatic N) is 3. The number of anilines is 1. The third-order valence-corrected chi connectivity index (χ3v) is 5.20. The van der Waals surface area contributed by atoms with Gasteiger partial charge in [0, 0.05) is 29.9 Å². The lowest BCUT2D eigenvalue weighted by atomic mass is 10.2. The Hall–Kier alpha value is -2.93. The number of nitrogens with one attached hydrogen (secondary N) is 1. The predicted octanol–water partition coefficient (Wildman–Crippen LogP) is 4.85. The molecule has 0 saturated carbocycles. The van der Waals surface area contributed by atoms with Crippen molar-refractivity contribution < 1.29 is 9.84 Å². The van der Waals surface area contributed by atoms with Crippen LogP contribution in [0, 0.1) is 0 Å². The standard InChI is InChI=1S/C22H18Cl2N4O2/c23-17-5-3-7-19(20(17)24)30-13-15(29)12-26-22-16-4-1-2-6-18(16)27-21(28-22)14-8-10-25-11-9-14/h1-11,15,29H,12-13H2,(H,26,27,28). The normalized spacial score (nSPS) is 12.0. The number of hydrogen-bond acceptors (Lipinski definition) is 6. The van der Waals surface area contributed by atoms with Crippen molar-refractivity contribution in [1.82, 2.24) is 15.0 Å². The highest BCUT2D eigenvalue weighted by atomic mass is 35.5. The largest absolute Gasteiger partial charge is 0.489 e. The first-order chi connectivity index (χ1) is 14.6. The number of aliphatic hydroxyl groups excluding tert-OH is 1. The van der Waals surface area contributed by atoms with Crippen LogP contribution in [0.25, 0.3) is 22.3 Å². The Morgan fingerprint density at radius 2 is 1.77 bits per heavy atom. The zero-order valence-corrected chi connectivity index (χ0v) is 17.3. The Labute approximate surface area is 183 Å². The van der Waals surface area contributed by atoms with Gasteiger partial charge in [-0.2, -0.15) is 0 Å². The first-order valence-electron chi connectivity index (χ1n) is 9.28. The molecule has 4 aromatic rings. The second-order valence-electron chi connectivity index (χ2n) is 6.55. The van der Waals surface area contributed by atoms with Gasteiger partial charge in [0.25, 0.3) is 0 Å². The number of fused-ring (bicyclic) bond motifs is 1. The average molecular weight is 441 g/mol. The fraction of sp³-hybridized carbons (Fsp3) is 0.136. The second-order valence-corrected chi connectivity index (χ2v) is 7.33. The highest BCUT2D eigenvalue weighted by Gasteiger charge is 2.13. The number of aromatic nitrogens is 3. The molecule has 0 radical (unpaired) electrons. The van der Waals surface area contributed by atoms with E-state index in [-0.39, 0.29) is 13.2 Å². The molecule has 4 rings (SSSR count). The Morgan fingerprint density at radius 1 is 0.967 bits per heavy atom. The molecular formula is C22H18Cl2N4O2. The molecule has 0 aliphatic carbocycles. The van der Waals surface area contributed by atoms with Gasteiger partial charge in [-0.1, -0.05) is 41.4 Å². The zero-order chi connectivity index (χ0) is 20.9. The Balaban J connectivity index is 1.49. The van der Waals surface area contributed by atoms with Crippen LogP contribution in [0.4, 0.5) is 5.82 Å². The maximum atomic E-state index is 10.4. The van der Waals surface area contributed by atoms with Crippen molar-refractivity contribution in [2.24, 2.45) is 0 Å².